The zero-order chi connectivity index (χ0) is 14.7. The number of nitro benzene ring substituents is 1. The van der Waals surface area contributed by atoms with Gasteiger partial charge in [0.05, 0.1) is 4.92 Å². The molecular formula is C13H8FNO5. The van der Waals surface area contributed by atoms with Crippen molar-refractivity contribution in [1.29, 1.82) is 0 Å². The third-order valence-corrected chi connectivity index (χ3v) is 2.44. The molecule has 0 aliphatic carbocycles. The van der Waals surface area contributed by atoms with Crippen LogP contribution in [0.4, 0.5) is 10.1 Å². The first-order chi connectivity index (χ1) is 9.49. The van der Waals surface area contributed by atoms with Gasteiger partial charge in [0.1, 0.15) is 17.1 Å². The number of ether oxygens (including phenoxy) is 1. The van der Waals surface area contributed by atoms with Crippen molar-refractivity contribution in [2.24, 2.45) is 0 Å². The molecule has 2 aromatic carbocycles. The van der Waals surface area contributed by atoms with E-state index in [1.165, 1.54) is 30.3 Å². The Bertz CT molecular complexity index is 686. The number of para-hydroxylation sites is 1. The number of carbonyl (C=O) groups is 1. The smallest absolute Gasteiger partial charge is 0.342 e. The van der Waals surface area contributed by atoms with Crippen LogP contribution in [0.5, 0.6) is 11.5 Å². The Balaban J connectivity index is 2.49. The molecule has 0 aliphatic heterocycles. The number of nitrogens with zero attached hydrogens (tertiary/aromatic N) is 1. The van der Waals surface area contributed by atoms with Crippen LogP contribution in [-0.2, 0) is 0 Å². The number of carboxylic acids is 1. The molecular weight excluding hydrogens is 269 g/mol. The maximum Gasteiger partial charge on any atom is 0.342 e. The van der Waals surface area contributed by atoms with E-state index in [0.717, 1.165) is 12.1 Å². The summed E-state index contributed by atoms with van der Waals surface area (Å²) in [5.41, 5.74) is -1.17. The number of benzene rings is 2. The molecule has 0 aromatic heterocycles. The molecule has 0 bridgehead atoms. The van der Waals surface area contributed by atoms with Crippen molar-refractivity contribution in [3.8, 4) is 11.5 Å². The number of hydrogen-bond donors (Lipinski definition) is 1. The Morgan fingerprint density at radius 1 is 1.25 bits per heavy atom. The molecule has 0 heterocycles. The summed E-state index contributed by atoms with van der Waals surface area (Å²) in [5, 5.41) is 19.9. The highest BCUT2D eigenvalue weighted by molar-refractivity contribution is 5.93. The van der Waals surface area contributed by atoms with Crippen LogP contribution in [0.1, 0.15) is 10.4 Å². The normalized spacial score (nSPS) is 10.1. The van der Waals surface area contributed by atoms with Gasteiger partial charge in [-0.2, -0.15) is 0 Å². The Morgan fingerprint density at radius 2 is 1.95 bits per heavy atom. The monoisotopic (exact) mass is 277 g/mol. The number of halogens is 1. The van der Waals surface area contributed by atoms with Gasteiger partial charge in [0.25, 0.3) is 0 Å². The van der Waals surface area contributed by atoms with Crippen LogP contribution in [0.15, 0.2) is 42.5 Å². The Hall–Kier alpha value is -2.96. The summed E-state index contributed by atoms with van der Waals surface area (Å²) in [6, 6.07) is 8.66. The van der Waals surface area contributed by atoms with Crippen molar-refractivity contribution in [3.63, 3.8) is 0 Å². The fourth-order valence-corrected chi connectivity index (χ4v) is 1.62. The lowest BCUT2D eigenvalue weighted by Gasteiger charge is -2.07. The van der Waals surface area contributed by atoms with Gasteiger partial charge in [-0.3, -0.25) is 10.1 Å². The second kappa shape index (κ2) is 5.35. The fourth-order valence-electron chi connectivity index (χ4n) is 1.62. The van der Waals surface area contributed by atoms with Crippen LogP contribution in [0, 0.1) is 15.9 Å². The predicted octanol–water partition coefficient (Wildman–Crippen LogP) is 3.22. The molecule has 0 amide bonds. The van der Waals surface area contributed by atoms with E-state index in [0.29, 0.717) is 0 Å². The molecule has 0 saturated carbocycles. The highest BCUT2D eigenvalue weighted by Gasteiger charge is 2.25. The van der Waals surface area contributed by atoms with Gasteiger partial charge in [-0.05, 0) is 24.3 Å². The van der Waals surface area contributed by atoms with Gasteiger partial charge in [0.15, 0.2) is 0 Å². The molecule has 0 saturated heterocycles. The molecule has 7 heteroatoms. The van der Waals surface area contributed by atoms with Gasteiger partial charge in [-0.1, -0.05) is 12.1 Å². The number of nitro groups is 1. The van der Waals surface area contributed by atoms with Crippen molar-refractivity contribution in [2.75, 3.05) is 0 Å². The van der Waals surface area contributed by atoms with Gasteiger partial charge >= 0.3 is 11.7 Å². The van der Waals surface area contributed by atoms with Crippen molar-refractivity contribution in [3.05, 3.63) is 64.0 Å². The number of rotatable bonds is 4. The number of hydrogen-bond acceptors (Lipinski definition) is 4. The van der Waals surface area contributed by atoms with Crippen molar-refractivity contribution >= 4 is 11.7 Å². The zero-order valence-corrected chi connectivity index (χ0v) is 9.95. The molecule has 0 spiro atoms. The molecule has 1 N–H and O–H groups in total. The molecule has 2 aromatic rings. The van der Waals surface area contributed by atoms with Crippen LogP contribution in [0.2, 0.25) is 0 Å². The predicted molar refractivity (Wildman–Crippen MR) is 66.5 cm³/mol. The summed E-state index contributed by atoms with van der Waals surface area (Å²) < 4.78 is 18.2. The van der Waals surface area contributed by atoms with E-state index in [1.807, 2.05) is 0 Å². The average molecular weight is 277 g/mol. The lowest BCUT2D eigenvalue weighted by Crippen LogP contribution is -2.04. The van der Waals surface area contributed by atoms with Crippen molar-refractivity contribution in [1.82, 2.24) is 0 Å². The van der Waals surface area contributed by atoms with Crippen molar-refractivity contribution < 1.29 is 24.0 Å². The van der Waals surface area contributed by atoms with E-state index in [9.17, 15) is 19.3 Å². The van der Waals surface area contributed by atoms with E-state index in [4.69, 9.17) is 9.84 Å². The van der Waals surface area contributed by atoms with Gasteiger partial charge in [-0.25, -0.2) is 9.18 Å². The second-order valence-electron chi connectivity index (χ2n) is 3.77. The minimum absolute atomic E-state index is 0.0376. The Kier molecular flexibility index (Phi) is 3.60. The third kappa shape index (κ3) is 2.72. The summed E-state index contributed by atoms with van der Waals surface area (Å²) in [6.45, 7) is 0. The SMILES string of the molecule is O=C(O)c1cccc(Oc2cccc(F)c2)c1[N+](=O)[O-]. The Labute approximate surface area is 112 Å². The molecule has 6 nitrogen and oxygen atoms in total. The summed E-state index contributed by atoms with van der Waals surface area (Å²) in [6.07, 6.45) is 0. The fraction of sp³-hybridized carbons (Fsp3) is 0. The zero-order valence-electron chi connectivity index (χ0n) is 9.95. The van der Waals surface area contributed by atoms with Gasteiger partial charge in [-0.15, -0.1) is 0 Å². The lowest BCUT2D eigenvalue weighted by molar-refractivity contribution is -0.386. The average Bonchev–Trinajstić information content (AvgIpc) is 2.38. The van der Waals surface area contributed by atoms with E-state index < -0.39 is 28.0 Å². The molecule has 0 fully saturated rings. The quantitative estimate of drug-likeness (QED) is 0.684. The second-order valence-corrected chi connectivity index (χ2v) is 3.77. The summed E-state index contributed by atoms with van der Waals surface area (Å²) in [7, 11) is 0. The van der Waals surface area contributed by atoms with Crippen LogP contribution >= 0.6 is 0 Å². The van der Waals surface area contributed by atoms with Gasteiger partial charge in [0, 0.05) is 6.07 Å². The largest absolute Gasteiger partial charge is 0.477 e. The first kappa shape index (κ1) is 13.5. The van der Waals surface area contributed by atoms with E-state index in [2.05, 4.69) is 0 Å². The number of carboxylic acid groups (broad SMARTS) is 1. The van der Waals surface area contributed by atoms with Crippen molar-refractivity contribution in [2.45, 2.75) is 0 Å². The molecule has 102 valence electrons. The highest BCUT2D eigenvalue weighted by atomic mass is 19.1. The lowest BCUT2D eigenvalue weighted by atomic mass is 10.1. The molecule has 20 heavy (non-hydrogen) atoms. The van der Waals surface area contributed by atoms with E-state index in [-0.39, 0.29) is 11.5 Å². The standard InChI is InChI=1S/C13H8FNO5/c14-8-3-1-4-9(7-8)20-11-6-2-5-10(13(16)17)12(11)15(18)19/h1-7H,(H,16,17). The van der Waals surface area contributed by atoms with Crippen LogP contribution in [0.25, 0.3) is 0 Å². The summed E-state index contributed by atoms with van der Waals surface area (Å²) in [5.74, 6) is -2.24. The third-order valence-electron chi connectivity index (χ3n) is 2.44. The first-order valence-electron chi connectivity index (χ1n) is 5.43. The van der Waals surface area contributed by atoms with Crippen LogP contribution in [0.3, 0.4) is 0 Å². The first-order valence-corrected chi connectivity index (χ1v) is 5.43. The Morgan fingerprint density at radius 3 is 2.55 bits per heavy atom. The minimum Gasteiger partial charge on any atom is -0.477 e. The van der Waals surface area contributed by atoms with Crippen LogP contribution < -0.4 is 4.74 Å². The molecule has 0 unspecified atom stereocenters. The topological polar surface area (TPSA) is 89.7 Å². The summed E-state index contributed by atoms with van der Waals surface area (Å²) in [4.78, 5) is 21.1. The molecule has 0 atom stereocenters. The molecule has 0 radical (unpaired) electrons. The molecule has 2 rings (SSSR count). The number of aromatic carboxylic acids is 1. The minimum atomic E-state index is -1.44. The highest BCUT2D eigenvalue weighted by Crippen LogP contribution is 2.34. The van der Waals surface area contributed by atoms with E-state index in [1.54, 1.807) is 0 Å². The molecule has 0 aliphatic rings. The van der Waals surface area contributed by atoms with Crippen LogP contribution in [-0.4, -0.2) is 16.0 Å². The van der Waals surface area contributed by atoms with Gasteiger partial charge < -0.3 is 9.84 Å². The van der Waals surface area contributed by atoms with E-state index >= 15 is 0 Å². The van der Waals surface area contributed by atoms with Gasteiger partial charge in [0.2, 0.25) is 5.75 Å². The maximum atomic E-state index is 13.0. The summed E-state index contributed by atoms with van der Waals surface area (Å²) >= 11 is 0. The maximum absolute atomic E-state index is 13.0.